The Bertz CT molecular complexity index is 168. The first-order valence-electron chi connectivity index (χ1n) is 2.97. The number of hydrogen-bond donors (Lipinski definition) is 0. The van der Waals surface area contributed by atoms with E-state index in [0.717, 1.165) is 0 Å². The molecule has 0 aromatic carbocycles. The SMILES string of the molecule is COC(=O)C1(C)CC=NO1. The minimum Gasteiger partial charge on any atom is -0.466 e. The molecule has 4 nitrogen and oxygen atoms in total. The average Bonchev–Trinajstić information content (AvgIpc) is 2.36. The molecule has 1 aliphatic heterocycles. The molecule has 56 valence electrons. The van der Waals surface area contributed by atoms with Crippen molar-refractivity contribution in [2.45, 2.75) is 18.9 Å². The minimum atomic E-state index is -0.880. The van der Waals surface area contributed by atoms with Crippen molar-refractivity contribution in [2.24, 2.45) is 5.16 Å². The van der Waals surface area contributed by atoms with Crippen molar-refractivity contribution in [1.29, 1.82) is 0 Å². The third kappa shape index (κ3) is 0.964. The highest BCUT2D eigenvalue weighted by molar-refractivity contribution is 5.84. The van der Waals surface area contributed by atoms with E-state index in [1.165, 1.54) is 7.11 Å². The number of nitrogens with zero attached hydrogens (tertiary/aromatic N) is 1. The number of esters is 1. The van der Waals surface area contributed by atoms with E-state index in [2.05, 4.69) is 9.89 Å². The molecule has 1 rings (SSSR count). The monoisotopic (exact) mass is 143 g/mol. The van der Waals surface area contributed by atoms with Gasteiger partial charge >= 0.3 is 5.97 Å². The number of methoxy groups -OCH3 is 1. The summed E-state index contributed by atoms with van der Waals surface area (Å²) in [5.41, 5.74) is -0.880. The summed E-state index contributed by atoms with van der Waals surface area (Å²) in [5.74, 6) is -0.384. The Morgan fingerprint density at radius 2 is 2.60 bits per heavy atom. The largest absolute Gasteiger partial charge is 0.466 e. The van der Waals surface area contributed by atoms with Gasteiger partial charge in [0.2, 0.25) is 5.60 Å². The van der Waals surface area contributed by atoms with Gasteiger partial charge in [0.25, 0.3) is 0 Å². The van der Waals surface area contributed by atoms with Crippen molar-refractivity contribution in [2.75, 3.05) is 7.11 Å². The second kappa shape index (κ2) is 2.28. The summed E-state index contributed by atoms with van der Waals surface area (Å²) in [5, 5.41) is 3.48. The van der Waals surface area contributed by atoms with Gasteiger partial charge in [0.1, 0.15) is 0 Å². The molecule has 0 aliphatic carbocycles. The zero-order valence-corrected chi connectivity index (χ0v) is 5.96. The number of carbonyl (C=O) groups excluding carboxylic acids is 1. The predicted octanol–water partition coefficient (Wildman–Crippen LogP) is 0.324. The highest BCUT2D eigenvalue weighted by Gasteiger charge is 2.39. The van der Waals surface area contributed by atoms with Gasteiger partial charge in [-0.3, -0.25) is 0 Å². The second-order valence-corrected chi connectivity index (χ2v) is 2.31. The van der Waals surface area contributed by atoms with Crippen molar-refractivity contribution in [3.8, 4) is 0 Å². The maximum Gasteiger partial charge on any atom is 0.353 e. The fraction of sp³-hybridized carbons (Fsp3) is 0.667. The van der Waals surface area contributed by atoms with Crippen molar-refractivity contribution in [1.82, 2.24) is 0 Å². The Labute approximate surface area is 58.8 Å². The van der Waals surface area contributed by atoms with Crippen LogP contribution in [-0.2, 0) is 14.4 Å². The molecule has 0 saturated carbocycles. The van der Waals surface area contributed by atoms with Crippen LogP contribution in [0.4, 0.5) is 0 Å². The molecule has 1 heterocycles. The van der Waals surface area contributed by atoms with E-state index < -0.39 is 5.60 Å². The summed E-state index contributed by atoms with van der Waals surface area (Å²) in [6.07, 6.45) is 2.04. The van der Waals surface area contributed by atoms with E-state index in [1.807, 2.05) is 0 Å². The molecular weight excluding hydrogens is 134 g/mol. The van der Waals surface area contributed by atoms with E-state index in [4.69, 9.17) is 4.84 Å². The van der Waals surface area contributed by atoms with Gasteiger partial charge in [0.15, 0.2) is 0 Å². The van der Waals surface area contributed by atoms with Crippen LogP contribution in [0.1, 0.15) is 13.3 Å². The molecule has 0 N–H and O–H groups in total. The zero-order valence-electron chi connectivity index (χ0n) is 5.96. The molecule has 0 amide bonds. The number of ether oxygens (including phenoxy) is 1. The Hall–Kier alpha value is -1.06. The molecule has 1 unspecified atom stereocenters. The van der Waals surface area contributed by atoms with Crippen LogP contribution in [0.25, 0.3) is 0 Å². The quantitative estimate of drug-likeness (QED) is 0.497. The van der Waals surface area contributed by atoms with Gasteiger partial charge in [-0.1, -0.05) is 5.16 Å². The number of hydrogen-bond acceptors (Lipinski definition) is 4. The number of rotatable bonds is 1. The maximum atomic E-state index is 10.9. The number of oxime groups is 1. The summed E-state index contributed by atoms with van der Waals surface area (Å²) in [6.45, 7) is 1.64. The lowest BCUT2D eigenvalue weighted by molar-refractivity contribution is -0.164. The Morgan fingerprint density at radius 3 is 3.00 bits per heavy atom. The van der Waals surface area contributed by atoms with E-state index >= 15 is 0 Å². The first-order valence-corrected chi connectivity index (χ1v) is 2.97. The predicted molar refractivity (Wildman–Crippen MR) is 34.6 cm³/mol. The van der Waals surface area contributed by atoms with Crippen LogP contribution in [0.15, 0.2) is 5.16 Å². The Kier molecular flexibility index (Phi) is 1.61. The summed E-state index contributed by atoms with van der Waals surface area (Å²) in [4.78, 5) is 15.7. The van der Waals surface area contributed by atoms with Crippen LogP contribution in [0.5, 0.6) is 0 Å². The van der Waals surface area contributed by atoms with Crippen molar-refractivity contribution < 1.29 is 14.4 Å². The molecule has 10 heavy (non-hydrogen) atoms. The van der Waals surface area contributed by atoms with Crippen LogP contribution < -0.4 is 0 Å². The molecule has 4 heteroatoms. The van der Waals surface area contributed by atoms with E-state index in [0.29, 0.717) is 6.42 Å². The van der Waals surface area contributed by atoms with Crippen LogP contribution in [0, 0.1) is 0 Å². The first kappa shape index (κ1) is 7.05. The third-order valence-electron chi connectivity index (χ3n) is 1.43. The van der Waals surface area contributed by atoms with Crippen LogP contribution in [-0.4, -0.2) is 24.9 Å². The standard InChI is InChI=1S/C6H9NO3/c1-6(5(8)9-2)3-4-7-10-6/h4H,3H2,1-2H3. The summed E-state index contributed by atoms with van der Waals surface area (Å²) >= 11 is 0. The van der Waals surface area contributed by atoms with E-state index in [9.17, 15) is 4.79 Å². The zero-order chi connectivity index (χ0) is 7.61. The maximum absolute atomic E-state index is 10.9. The highest BCUT2D eigenvalue weighted by Crippen LogP contribution is 2.20. The van der Waals surface area contributed by atoms with E-state index in [1.54, 1.807) is 13.1 Å². The molecule has 1 atom stereocenters. The lowest BCUT2D eigenvalue weighted by Gasteiger charge is -2.16. The first-order chi connectivity index (χ1) is 4.69. The molecule has 0 saturated heterocycles. The van der Waals surface area contributed by atoms with Crippen molar-refractivity contribution >= 4 is 12.2 Å². The lowest BCUT2D eigenvalue weighted by Crippen LogP contribution is -2.35. The second-order valence-electron chi connectivity index (χ2n) is 2.31. The average molecular weight is 143 g/mol. The van der Waals surface area contributed by atoms with Gasteiger partial charge in [-0.15, -0.1) is 0 Å². The summed E-state index contributed by atoms with van der Waals surface area (Å²) < 4.78 is 4.49. The lowest BCUT2D eigenvalue weighted by atomic mass is 10.1. The highest BCUT2D eigenvalue weighted by atomic mass is 16.7. The molecule has 0 bridgehead atoms. The van der Waals surface area contributed by atoms with Crippen LogP contribution in [0.2, 0.25) is 0 Å². The van der Waals surface area contributed by atoms with Crippen LogP contribution >= 0.6 is 0 Å². The van der Waals surface area contributed by atoms with Crippen LogP contribution in [0.3, 0.4) is 0 Å². The molecular formula is C6H9NO3. The van der Waals surface area contributed by atoms with Gasteiger partial charge in [-0.05, 0) is 6.92 Å². The molecule has 0 radical (unpaired) electrons. The molecule has 0 fully saturated rings. The summed E-state index contributed by atoms with van der Waals surface area (Å²) in [6, 6.07) is 0. The van der Waals surface area contributed by atoms with Gasteiger partial charge in [0.05, 0.1) is 7.11 Å². The minimum absolute atomic E-state index is 0.384. The van der Waals surface area contributed by atoms with Crippen molar-refractivity contribution in [3.63, 3.8) is 0 Å². The van der Waals surface area contributed by atoms with Gasteiger partial charge in [-0.2, -0.15) is 0 Å². The fourth-order valence-corrected chi connectivity index (χ4v) is 0.739. The topological polar surface area (TPSA) is 47.9 Å². The third-order valence-corrected chi connectivity index (χ3v) is 1.43. The van der Waals surface area contributed by atoms with Gasteiger partial charge < -0.3 is 9.57 Å². The molecule has 1 aliphatic rings. The summed E-state index contributed by atoms with van der Waals surface area (Å²) in [7, 11) is 1.33. The molecule has 0 spiro atoms. The normalized spacial score (nSPS) is 29.8. The molecule has 0 aromatic heterocycles. The Balaban J connectivity index is 2.61. The smallest absolute Gasteiger partial charge is 0.353 e. The van der Waals surface area contributed by atoms with E-state index in [-0.39, 0.29) is 5.97 Å². The Morgan fingerprint density at radius 1 is 1.90 bits per heavy atom. The molecule has 0 aromatic rings. The van der Waals surface area contributed by atoms with Gasteiger partial charge in [0, 0.05) is 12.6 Å². The van der Waals surface area contributed by atoms with Gasteiger partial charge in [-0.25, -0.2) is 4.79 Å². The fourth-order valence-electron chi connectivity index (χ4n) is 0.739. The van der Waals surface area contributed by atoms with Crippen molar-refractivity contribution in [3.05, 3.63) is 0 Å². The number of carbonyl (C=O) groups is 1.